The summed E-state index contributed by atoms with van der Waals surface area (Å²) in [5.74, 6) is 2.67. The van der Waals surface area contributed by atoms with E-state index in [2.05, 4.69) is 63.1 Å². The largest absolute Gasteiger partial charge is 0.377 e. The lowest BCUT2D eigenvalue weighted by Gasteiger charge is -2.25. The average Bonchev–Trinajstić information content (AvgIpc) is 3.35. The molecule has 4 rings (SSSR count). The molecule has 1 aromatic carbocycles. The zero-order valence-corrected chi connectivity index (χ0v) is 20.6. The standard InChI is InChI=1S/C22H31N7O.HI/c1-3-23-22(24-12-6-7-16-13-25-19-9-5-4-8-18(16)19)26-17-10-11-21-27-20(15-30-2)28-29(21)14-17;/h4-5,8-9,13,17,25H,3,6-7,10-12,14-15H2,1-2H3,(H2,23,24,26);1H. The number of hydrogen-bond acceptors (Lipinski definition) is 4. The molecule has 1 aliphatic rings. The average molecular weight is 537 g/mol. The number of para-hydroxylation sites is 1. The summed E-state index contributed by atoms with van der Waals surface area (Å²) < 4.78 is 7.15. The minimum atomic E-state index is 0. The number of methoxy groups -OCH3 is 1. The van der Waals surface area contributed by atoms with E-state index in [-0.39, 0.29) is 24.0 Å². The van der Waals surface area contributed by atoms with Gasteiger partial charge in [-0.25, -0.2) is 9.67 Å². The van der Waals surface area contributed by atoms with Crippen molar-refractivity contribution in [2.75, 3.05) is 20.2 Å². The number of benzene rings is 1. The summed E-state index contributed by atoms with van der Waals surface area (Å²) in [5.41, 5.74) is 2.56. The Hall–Kier alpha value is -2.14. The van der Waals surface area contributed by atoms with E-state index in [0.717, 1.165) is 62.9 Å². The van der Waals surface area contributed by atoms with Crippen LogP contribution in [0.5, 0.6) is 0 Å². The fourth-order valence-corrected chi connectivity index (χ4v) is 3.98. The molecule has 3 N–H and O–H groups in total. The molecule has 3 aromatic rings. The van der Waals surface area contributed by atoms with Gasteiger partial charge < -0.3 is 20.4 Å². The molecule has 9 heteroatoms. The predicted molar refractivity (Wildman–Crippen MR) is 134 cm³/mol. The van der Waals surface area contributed by atoms with Gasteiger partial charge in [0.25, 0.3) is 0 Å². The van der Waals surface area contributed by atoms with Crippen molar-refractivity contribution in [1.29, 1.82) is 0 Å². The smallest absolute Gasteiger partial charge is 0.191 e. The Morgan fingerprint density at radius 3 is 3.06 bits per heavy atom. The van der Waals surface area contributed by atoms with Gasteiger partial charge in [-0.15, -0.1) is 24.0 Å². The number of nitrogens with zero attached hydrogens (tertiary/aromatic N) is 4. The van der Waals surface area contributed by atoms with Crippen molar-refractivity contribution in [3.05, 3.63) is 47.7 Å². The summed E-state index contributed by atoms with van der Waals surface area (Å²) in [6, 6.07) is 8.74. The van der Waals surface area contributed by atoms with E-state index in [1.54, 1.807) is 7.11 Å². The van der Waals surface area contributed by atoms with Crippen LogP contribution < -0.4 is 10.6 Å². The molecular formula is C22H32IN7O. The number of halogens is 1. The molecule has 3 heterocycles. The number of aromatic nitrogens is 4. The number of fused-ring (bicyclic) bond motifs is 2. The highest BCUT2D eigenvalue weighted by Crippen LogP contribution is 2.19. The first kappa shape index (κ1) is 23.5. The molecule has 0 radical (unpaired) electrons. The second kappa shape index (κ2) is 11.5. The minimum absolute atomic E-state index is 0. The van der Waals surface area contributed by atoms with Gasteiger partial charge in [0.1, 0.15) is 12.4 Å². The normalized spacial score (nSPS) is 16.1. The third kappa shape index (κ3) is 5.97. The number of H-pyrrole nitrogens is 1. The SMILES string of the molecule is CCNC(=NCCCc1c[nH]c2ccccc12)NC1CCc2nc(COC)nn2C1.I. The van der Waals surface area contributed by atoms with E-state index in [1.165, 1.54) is 16.5 Å². The van der Waals surface area contributed by atoms with Gasteiger partial charge in [-0.1, -0.05) is 18.2 Å². The molecule has 1 unspecified atom stereocenters. The highest BCUT2D eigenvalue weighted by Gasteiger charge is 2.22. The molecule has 1 aliphatic heterocycles. The summed E-state index contributed by atoms with van der Waals surface area (Å²) in [7, 11) is 1.67. The van der Waals surface area contributed by atoms with Crippen molar-refractivity contribution in [1.82, 2.24) is 30.4 Å². The molecule has 0 saturated heterocycles. The molecule has 0 amide bonds. The van der Waals surface area contributed by atoms with Gasteiger partial charge in [-0.2, -0.15) is 5.10 Å². The molecular weight excluding hydrogens is 505 g/mol. The summed E-state index contributed by atoms with van der Waals surface area (Å²) in [6.45, 7) is 4.97. The van der Waals surface area contributed by atoms with Crippen LogP contribution in [0.3, 0.4) is 0 Å². The second-order valence-electron chi connectivity index (χ2n) is 7.66. The van der Waals surface area contributed by atoms with Gasteiger partial charge in [0.05, 0.1) is 6.54 Å². The van der Waals surface area contributed by atoms with E-state index in [0.29, 0.717) is 12.6 Å². The van der Waals surface area contributed by atoms with Crippen LogP contribution in [0, 0.1) is 0 Å². The number of nitrogens with one attached hydrogen (secondary N) is 3. The fraction of sp³-hybridized carbons (Fsp3) is 0.500. The number of aryl methyl sites for hydroxylation is 2. The van der Waals surface area contributed by atoms with Gasteiger partial charge in [0.15, 0.2) is 11.8 Å². The van der Waals surface area contributed by atoms with Crippen LogP contribution in [0.4, 0.5) is 0 Å². The van der Waals surface area contributed by atoms with Crippen LogP contribution in [0.15, 0.2) is 35.5 Å². The Bertz CT molecular complexity index is 997. The van der Waals surface area contributed by atoms with Crippen molar-refractivity contribution in [3.63, 3.8) is 0 Å². The lowest BCUT2D eigenvalue weighted by Crippen LogP contribution is -2.47. The molecule has 31 heavy (non-hydrogen) atoms. The highest BCUT2D eigenvalue weighted by molar-refractivity contribution is 14.0. The molecule has 2 aromatic heterocycles. The monoisotopic (exact) mass is 537 g/mol. The Kier molecular flexibility index (Phi) is 8.70. The number of aliphatic imine (C=N–C) groups is 1. The lowest BCUT2D eigenvalue weighted by atomic mass is 10.1. The summed E-state index contributed by atoms with van der Waals surface area (Å²) >= 11 is 0. The molecule has 168 valence electrons. The van der Waals surface area contributed by atoms with Crippen molar-refractivity contribution in [3.8, 4) is 0 Å². The zero-order valence-electron chi connectivity index (χ0n) is 18.2. The number of aromatic amines is 1. The lowest BCUT2D eigenvalue weighted by molar-refractivity contribution is 0.177. The molecule has 0 spiro atoms. The summed E-state index contributed by atoms with van der Waals surface area (Å²) in [5, 5.41) is 12.8. The maximum Gasteiger partial charge on any atom is 0.191 e. The number of rotatable bonds is 8. The Balaban J connectivity index is 0.00000272. The summed E-state index contributed by atoms with van der Waals surface area (Å²) in [4.78, 5) is 12.7. The van der Waals surface area contributed by atoms with Gasteiger partial charge in [-0.3, -0.25) is 4.99 Å². The van der Waals surface area contributed by atoms with Crippen molar-refractivity contribution in [2.24, 2.45) is 4.99 Å². The second-order valence-corrected chi connectivity index (χ2v) is 7.66. The number of ether oxygens (including phenoxy) is 1. The third-order valence-electron chi connectivity index (χ3n) is 5.41. The topological polar surface area (TPSA) is 92.2 Å². The van der Waals surface area contributed by atoms with Crippen LogP contribution in [0.2, 0.25) is 0 Å². The Morgan fingerprint density at radius 2 is 2.23 bits per heavy atom. The molecule has 0 bridgehead atoms. The van der Waals surface area contributed by atoms with E-state index in [9.17, 15) is 0 Å². The molecule has 1 atom stereocenters. The van der Waals surface area contributed by atoms with Crippen LogP contribution >= 0.6 is 24.0 Å². The molecule has 0 fully saturated rings. The van der Waals surface area contributed by atoms with Gasteiger partial charge in [0.2, 0.25) is 0 Å². The van der Waals surface area contributed by atoms with Crippen molar-refractivity contribution < 1.29 is 4.74 Å². The quantitative estimate of drug-likeness (QED) is 0.178. The van der Waals surface area contributed by atoms with Crippen LogP contribution in [-0.2, 0) is 30.7 Å². The first-order valence-electron chi connectivity index (χ1n) is 10.8. The first-order chi connectivity index (χ1) is 14.8. The van der Waals surface area contributed by atoms with Crippen LogP contribution in [0.1, 0.15) is 37.0 Å². The molecule has 0 aliphatic carbocycles. The summed E-state index contributed by atoms with van der Waals surface area (Å²) in [6.07, 6.45) is 6.07. The minimum Gasteiger partial charge on any atom is -0.377 e. The van der Waals surface area contributed by atoms with Crippen LogP contribution in [-0.4, -0.2) is 51.9 Å². The Morgan fingerprint density at radius 1 is 1.35 bits per heavy atom. The first-order valence-corrected chi connectivity index (χ1v) is 10.8. The predicted octanol–water partition coefficient (Wildman–Crippen LogP) is 3.03. The van der Waals surface area contributed by atoms with Crippen molar-refractivity contribution >= 4 is 40.8 Å². The van der Waals surface area contributed by atoms with Crippen molar-refractivity contribution in [2.45, 2.75) is 51.8 Å². The maximum atomic E-state index is 5.15. The number of hydrogen-bond donors (Lipinski definition) is 3. The number of guanidine groups is 1. The fourth-order valence-electron chi connectivity index (χ4n) is 3.98. The Labute approximate surface area is 200 Å². The van der Waals surface area contributed by atoms with E-state index in [4.69, 9.17) is 9.73 Å². The van der Waals surface area contributed by atoms with Gasteiger partial charge in [0, 0.05) is 49.8 Å². The van der Waals surface area contributed by atoms with Gasteiger partial charge >= 0.3 is 0 Å². The molecule has 0 saturated carbocycles. The maximum absolute atomic E-state index is 5.15. The van der Waals surface area contributed by atoms with E-state index < -0.39 is 0 Å². The zero-order chi connectivity index (χ0) is 20.8. The third-order valence-corrected chi connectivity index (χ3v) is 5.41. The van der Waals surface area contributed by atoms with E-state index >= 15 is 0 Å². The molecule has 8 nitrogen and oxygen atoms in total. The highest BCUT2D eigenvalue weighted by atomic mass is 127. The van der Waals surface area contributed by atoms with Crippen LogP contribution in [0.25, 0.3) is 10.9 Å². The van der Waals surface area contributed by atoms with Gasteiger partial charge in [-0.05, 0) is 37.8 Å². The van der Waals surface area contributed by atoms with E-state index in [1.807, 2.05) is 4.68 Å².